The third-order valence-corrected chi connectivity index (χ3v) is 2.37. The summed E-state index contributed by atoms with van der Waals surface area (Å²) in [6.07, 6.45) is 3.70. The Bertz CT molecular complexity index is 523. The van der Waals surface area contributed by atoms with Crippen molar-refractivity contribution < 1.29 is 18.3 Å². The van der Waals surface area contributed by atoms with E-state index in [-0.39, 0.29) is 5.75 Å². The second-order valence-corrected chi connectivity index (χ2v) is 3.59. The van der Waals surface area contributed by atoms with Crippen LogP contribution in [0.5, 0.6) is 5.75 Å². The Morgan fingerprint density at radius 3 is 2.67 bits per heavy atom. The number of imidazole rings is 1. The largest absolute Gasteiger partial charge is 0.435 e. The van der Waals surface area contributed by atoms with Gasteiger partial charge in [0.25, 0.3) is 0 Å². The Balaban J connectivity index is 2.08. The van der Waals surface area contributed by atoms with Crippen LogP contribution < -0.4 is 4.74 Å². The molecule has 0 unspecified atom stereocenters. The lowest BCUT2D eigenvalue weighted by molar-refractivity contribution is -0.0498. The van der Waals surface area contributed by atoms with Crippen molar-refractivity contribution in [2.45, 2.75) is 13.2 Å². The van der Waals surface area contributed by atoms with Gasteiger partial charge >= 0.3 is 6.61 Å². The highest BCUT2D eigenvalue weighted by atomic mass is 19.3. The Morgan fingerprint density at radius 1 is 1.33 bits per heavy atom. The van der Waals surface area contributed by atoms with Crippen LogP contribution in [0.2, 0.25) is 0 Å². The first-order valence-electron chi connectivity index (χ1n) is 5.18. The predicted molar refractivity (Wildman–Crippen MR) is 59.8 cm³/mol. The van der Waals surface area contributed by atoms with Crippen LogP contribution >= 0.6 is 0 Å². The topological polar surface area (TPSA) is 44.1 Å². The maximum absolute atomic E-state index is 12.0. The quantitative estimate of drug-likeness (QED) is 0.767. The number of hydrogen-bond donors (Lipinski definition) is 0. The van der Waals surface area contributed by atoms with Crippen molar-refractivity contribution in [1.29, 1.82) is 0 Å². The molecule has 0 aliphatic rings. The smallest absolute Gasteiger partial charge is 0.387 e. The molecule has 1 aromatic carbocycles. The number of ether oxygens (including phenoxy) is 1. The van der Waals surface area contributed by atoms with Crippen molar-refractivity contribution in [3.8, 4) is 5.75 Å². The molecule has 4 nitrogen and oxygen atoms in total. The minimum absolute atomic E-state index is 0.106. The van der Waals surface area contributed by atoms with Crippen molar-refractivity contribution in [2.24, 2.45) is 0 Å². The minimum Gasteiger partial charge on any atom is -0.435 e. The molecule has 94 valence electrons. The summed E-state index contributed by atoms with van der Waals surface area (Å²) >= 11 is 0. The minimum atomic E-state index is -2.83. The Hall–Kier alpha value is -2.24. The van der Waals surface area contributed by atoms with Gasteiger partial charge in [0.2, 0.25) is 0 Å². The van der Waals surface area contributed by atoms with E-state index in [0.29, 0.717) is 18.5 Å². The molecule has 2 rings (SSSR count). The highest BCUT2D eigenvalue weighted by molar-refractivity contribution is 5.71. The average molecular weight is 252 g/mol. The molecule has 18 heavy (non-hydrogen) atoms. The lowest BCUT2D eigenvalue weighted by Gasteiger charge is -2.07. The van der Waals surface area contributed by atoms with Gasteiger partial charge in [-0.1, -0.05) is 12.1 Å². The molecule has 2 aromatic rings. The van der Waals surface area contributed by atoms with Gasteiger partial charge in [0, 0.05) is 6.54 Å². The van der Waals surface area contributed by atoms with Crippen molar-refractivity contribution in [3.63, 3.8) is 0 Å². The average Bonchev–Trinajstić information content (AvgIpc) is 2.78. The fourth-order valence-electron chi connectivity index (χ4n) is 1.53. The summed E-state index contributed by atoms with van der Waals surface area (Å²) in [6.45, 7) is -2.38. The van der Waals surface area contributed by atoms with E-state index in [2.05, 4.69) is 9.72 Å². The predicted octanol–water partition coefficient (Wildman–Crippen LogP) is 2.35. The third kappa shape index (κ3) is 2.91. The second-order valence-electron chi connectivity index (χ2n) is 3.59. The first kappa shape index (κ1) is 12.2. The molecule has 0 saturated heterocycles. The second kappa shape index (κ2) is 5.39. The summed E-state index contributed by atoms with van der Waals surface area (Å²) in [4.78, 5) is 14.5. The maximum atomic E-state index is 12.0. The zero-order chi connectivity index (χ0) is 13.0. The third-order valence-electron chi connectivity index (χ3n) is 2.37. The zero-order valence-electron chi connectivity index (χ0n) is 9.29. The SMILES string of the molecule is O=Cc1cncn1Cc1ccc(OC(F)F)cc1. The molecule has 1 aromatic heterocycles. The van der Waals surface area contributed by atoms with Crippen LogP contribution in [0.25, 0.3) is 0 Å². The fraction of sp³-hybridized carbons (Fsp3) is 0.167. The van der Waals surface area contributed by atoms with Crippen LogP contribution in [0.1, 0.15) is 16.1 Å². The molecule has 0 atom stereocenters. The van der Waals surface area contributed by atoms with Gasteiger partial charge in [-0.3, -0.25) is 4.79 Å². The van der Waals surface area contributed by atoms with Crippen LogP contribution in [0.3, 0.4) is 0 Å². The van der Waals surface area contributed by atoms with E-state index in [4.69, 9.17) is 0 Å². The molecule has 0 spiro atoms. The number of halogens is 2. The van der Waals surface area contributed by atoms with Crippen molar-refractivity contribution in [1.82, 2.24) is 9.55 Å². The van der Waals surface area contributed by atoms with E-state index in [1.165, 1.54) is 24.7 Å². The summed E-state index contributed by atoms with van der Waals surface area (Å²) in [6, 6.07) is 6.23. The van der Waals surface area contributed by atoms with Gasteiger partial charge in [-0.05, 0) is 17.7 Å². The van der Waals surface area contributed by atoms with Gasteiger partial charge in [0.15, 0.2) is 6.29 Å². The van der Waals surface area contributed by atoms with E-state index >= 15 is 0 Å². The Labute approximate surface area is 102 Å². The molecule has 0 saturated carbocycles. The molecule has 0 amide bonds. The standard InChI is InChI=1S/C12H10F2N2O2/c13-12(14)18-11-3-1-9(2-4-11)6-16-8-15-5-10(16)7-17/h1-5,7-8,12H,6H2. The van der Waals surface area contributed by atoms with Crippen LogP contribution in [-0.4, -0.2) is 22.4 Å². The number of aldehydes is 1. The number of benzene rings is 1. The number of rotatable bonds is 5. The summed E-state index contributed by atoms with van der Waals surface area (Å²) < 4.78 is 29.8. The van der Waals surface area contributed by atoms with Crippen LogP contribution in [0, 0.1) is 0 Å². The normalized spacial score (nSPS) is 10.6. The maximum Gasteiger partial charge on any atom is 0.387 e. The Kier molecular flexibility index (Phi) is 3.66. The van der Waals surface area contributed by atoms with E-state index in [9.17, 15) is 13.6 Å². The molecule has 6 heteroatoms. The molecular weight excluding hydrogens is 242 g/mol. The van der Waals surface area contributed by atoms with Gasteiger partial charge in [-0.2, -0.15) is 8.78 Å². The first-order chi connectivity index (χ1) is 8.69. The number of hydrogen-bond acceptors (Lipinski definition) is 3. The molecule has 0 radical (unpaired) electrons. The van der Waals surface area contributed by atoms with Crippen LogP contribution in [-0.2, 0) is 6.54 Å². The molecule has 1 heterocycles. The molecule has 0 fully saturated rings. The molecule has 0 N–H and O–H groups in total. The van der Waals surface area contributed by atoms with Crippen LogP contribution in [0.4, 0.5) is 8.78 Å². The molecular formula is C12H10F2N2O2. The van der Waals surface area contributed by atoms with Crippen molar-refractivity contribution >= 4 is 6.29 Å². The van der Waals surface area contributed by atoms with Crippen LogP contribution in [0.15, 0.2) is 36.8 Å². The summed E-state index contributed by atoms with van der Waals surface area (Å²) in [5, 5.41) is 0. The molecule has 0 aliphatic carbocycles. The lowest BCUT2D eigenvalue weighted by Crippen LogP contribution is -2.04. The van der Waals surface area contributed by atoms with Gasteiger partial charge in [-0.25, -0.2) is 4.98 Å². The lowest BCUT2D eigenvalue weighted by atomic mass is 10.2. The van der Waals surface area contributed by atoms with Gasteiger partial charge in [-0.15, -0.1) is 0 Å². The number of carbonyl (C=O) groups is 1. The molecule has 0 aliphatic heterocycles. The monoisotopic (exact) mass is 252 g/mol. The summed E-state index contributed by atoms with van der Waals surface area (Å²) in [5.74, 6) is 0.106. The highest BCUT2D eigenvalue weighted by Gasteiger charge is 2.05. The van der Waals surface area contributed by atoms with Gasteiger partial charge < -0.3 is 9.30 Å². The highest BCUT2D eigenvalue weighted by Crippen LogP contribution is 2.15. The van der Waals surface area contributed by atoms with E-state index in [1.807, 2.05) is 0 Å². The van der Waals surface area contributed by atoms with Gasteiger partial charge in [0.05, 0.1) is 12.5 Å². The first-order valence-corrected chi connectivity index (χ1v) is 5.18. The number of alkyl halides is 2. The number of aromatic nitrogens is 2. The zero-order valence-corrected chi connectivity index (χ0v) is 9.29. The fourth-order valence-corrected chi connectivity index (χ4v) is 1.53. The van der Waals surface area contributed by atoms with E-state index < -0.39 is 6.61 Å². The summed E-state index contributed by atoms with van der Waals surface area (Å²) in [5.41, 5.74) is 1.32. The summed E-state index contributed by atoms with van der Waals surface area (Å²) in [7, 11) is 0. The Morgan fingerprint density at radius 2 is 2.06 bits per heavy atom. The van der Waals surface area contributed by atoms with E-state index in [0.717, 1.165) is 5.56 Å². The van der Waals surface area contributed by atoms with Crippen molar-refractivity contribution in [3.05, 3.63) is 48.0 Å². The van der Waals surface area contributed by atoms with E-state index in [1.54, 1.807) is 16.7 Å². The molecule has 0 bridgehead atoms. The number of nitrogens with zero attached hydrogens (tertiary/aromatic N) is 2. The van der Waals surface area contributed by atoms with Gasteiger partial charge in [0.1, 0.15) is 11.4 Å². The number of carbonyl (C=O) groups excluding carboxylic acids is 1. The van der Waals surface area contributed by atoms with Crippen molar-refractivity contribution in [2.75, 3.05) is 0 Å².